The van der Waals surface area contributed by atoms with Crippen LogP contribution in [-0.4, -0.2) is 78.9 Å². The zero-order valence-corrected chi connectivity index (χ0v) is 18.2. The van der Waals surface area contributed by atoms with Crippen molar-refractivity contribution in [1.82, 2.24) is 19.6 Å². The largest absolute Gasteiger partial charge is 0.493 e. The number of hydrogen-bond acceptors (Lipinski definition) is 6. The number of amides is 2. The molecule has 0 radical (unpaired) electrons. The maximum absolute atomic E-state index is 13.2. The fourth-order valence-electron chi connectivity index (χ4n) is 4.32. The molecule has 166 valence electrons. The molecule has 1 saturated heterocycles. The molecule has 9 nitrogen and oxygen atoms in total. The summed E-state index contributed by atoms with van der Waals surface area (Å²) in [7, 11) is 4.54. The lowest BCUT2D eigenvalue weighted by Gasteiger charge is -2.35. The van der Waals surface area contributed by atoms with Crippen LogP contribution in [0, 0.1) is 0 Å². The summed E-state index contributed by atoms with van der Waals surface area (Å²) in [6.45, 7) is 2.73. The van der Waals surface area contributed by atoms with E-state index in [1.165, 1.54) is 21.3 Å². The minimum Gasteiger partial charge on any atom is -0.493 e. The van der Waals surface area contributed by atoms with Crippen LogP contribution < -0.4 is 14.2 Å². The van der Waals surface area contributed by atoms with E-state index in [1.54, 1.807) is 23.2 Å². The Morgan fingerprint density at radius 3 is 2.06 bits per heavy atom. The van der Waals surface area contributed by atoms with Gasteiger partial charge in [0.1, 0.15) is 0 Å². The Labute approximate surface area is 181 Å². The number of carbonyl (C=O) groups excluding carboxylic acids is 2. The standard InChI is InChI=1S/C22H28N4O5/c1-29-18-8-7-15(19(30-2)20(18)31-3)21(27)24-10-12-25(13-11-24)22(28)16-14-23-26-9-5-4-6-17(16)26/h7-8,14H,4-6,9-13H2,1-3H3. The highest BCUT2D eigenvalue weighted by Crippen LogP contribution is 2.40. The highest BCUT2D eigenvalue weighted by Gasteiger charge is 2.30. The number of carbonyl (C=O) groups is 2. The maximum atomic E-state index is 13.2. The lowest BCUT2D eigenvalue weighted by Crippen LogP contribution is -2.50. The van der Waals surface area contributed by atoms with E-state index >= 15 is 0 Å². The Balaban J connectivity index is 1.46. The molecule has 0 saturated carbocycles. The van der Waals surface area contributed by atoms with Crippen LogP contribution in [0.25, 0.3) is 0 Å². The molecule has 0 unspecified atom stereocenters. The van der Waals surface area contributed by atoms with Gasteiger partial charge in [0.2, 0.25) is 5.75 Å². The molecule has 1 fully saturated rings. The summed E-state index contributed by atoms with van der Waals surface area (Å²) in [5, 5.41) is 4.37. The van der Waals surface area contributed by atoms with Crippen LogP contribution in [0.15, 0.2) is 18.3 Å². The highest BCUT2D eigenvalue weighted by atomic mass is 16.5. The van der Waals surface area contributed by atoms with Crippen LogP contribution >= 0.6 is 0 Å². The van der Waals surface area contributed by atoms with Crippen molar-refractivity contribution in [3.63, 3.8) is 0 Å². The van der Waals surface area contributed by atoms with Crippen molar-refractivity contribution in [3.05, 3.63) is 35.2 Å². The zero-order chi connectivity index (χ0) is 22.0. The quantitative estimate of drug-likeness (QED) is 0.723. The minimum absolute atomic E-state index is 0.000976. The predicted octanol–water partition coefficient (Wildman–Crippen LogP) is 1.84. The van der Waals surface area contributed by atoms with E-state index in [9.17, 15) is 9.59 Å². The van der Waals surface area contributed by atoms with Gasteiger partial charge in [-0.05, 0) is 31.4 Å². The number of methoxy groups -OCH3 is 3. The van der Waals surface area contributed by atoms with Crippen LogP contribution in [0.1, 0.15) is 39.3 Å². The highest BCUT2D eigenvalue weighted by molar-refractivity contribution is 5.99. The van der Waals surface area contributed by atoms with Gasteiger partial charge in [-0.15, -0.1) is 0 Å². The monoisotopic (exact) mass is 428 g/mol. The molecule has 0 aliphatic carbocycles. The van der Waals surface area contributed by atoms with Crippen LogP contribution in [0.3, 0.4) is 0 Å². The van der Waals surface area contributed by atoms with E-state index in [2.05, 4.69) is 5.10 Å². The number of nitrogens with zero attached hydrogens (tertiary/aromatic N) is 4. The van der Waals surface area contributed by atoms with Gasteiger partial charge in [0.15, 0.2) is 11.5 Å². The second-order valence-corrected chi connectivity index (χ2v) is 7.65. The molecule has 3 heterocycles. The first kappa shape index (κ1) is 21.0. The van der Waals surface area contributed by atoms with Gasteiger partial charge in [0.05, 0.1) is 44.3 Å². The molecule has 31 heavy (non-hydrogen) atoms. The van der Waals surface area contributed by atoms with Crippen LogP contribution in [0.4, 0.5) is 0 Å². The Morgan fingerprint density at radius 1 is 0.806 bits per heavy atom. The maximum Gasteiger partial charge on any atom is 0.257 e. The van der Waals surface area contributed by atoms with Gasteiger partial charge in [-0.3, -0.25) is 14.3 Å². The average Bonchev–Trinajstić information content (AvgIpc) is 3.26. The Morgan fingerprint density at radius 2 is 1.45 bits per heavy atom. The Hall–Kier alpha value is -3.23. The van der Waals surface area contributed by atoms with Gasteiger partial charge in [0, 0.05) is 32.7 Å². The molecule has 0 spiro atoms. The molecular formula is C22H28N4O5. The van der Waals surface area contributed by atoms with Crippen LogP contribution in [0.2, 0.25) is 0 Å². The van der Waals surface area contributed by atoms with Gasteiger partial charge in [-0.1, -0.05) is 0 Å². The van der Waals surface area contributed by atoms with E-state index < -0.39 is 0 Å². The first-order valence-corrected chi connectivity index (χ1v) is 10.5. The Kier molecular flexibility index (Phi) is 6.01. The normalized spacial score (nSPS) is 16.0. The molecule has 1 aromatic carbocycles. The van der Waals surface area contributed by atoms with Gasteiger partial charge in [-0.25, -0.2) is 0 Å². The van der Waals surface area contributed by atoms with E-state index in [-0.39, 0.29) is 11.8 Å². The fourth-order valence-corrected chi connectivity index (χ4v) is 4.32. The molecule has 9 heteroatoms. The molecule has 2 aromatic rings. The smallest absolute Gasteiger partial charge is 0.257 e. The molecule has 2 aliphatic rings. The van der Waals surface area contributed by atoms with Crippen molar-refractivity contribution in [2.75, 3.05) is 47.5 Å². The zero-order valence-electron chi connectivity index (χ0n) is 18.2. The van der Waals surface area contributed by atoms with Crippen molar-refractivity contribution in [3.8, 4) is 17.2 Å². The number of aryl methyl sites for hydroxylation is 1. The van der Waals surface area contributed by atoms with E-state index in [0.717, 1.165) is 31.5 Å². The topological polar surface area (TPSA) is 86.1 Å². The lowest BCUT2D eigenvalue weighted by atomic mass is 10.1. The third-order valence-electron chi connectivity index (χ3n) is 6.00. The first-order valence-electron chi connectivity index (χ1n) is 10.5. The molecule has 2 aliphatic heterocycles. The summed E-state index contributed by atoms with van der Waals surface area (Å²) in [5.41, 5.74) is 2.14. The Bertz CT molecular complexity index is 979. The van der Waals surface area contributed by atoms with Gasteiger partial charge in [0.25, 0.3) is 11.8 Å². The first-order chi connectivity index (χ1) is 15.1. The molecular weight excluding hydrogens is 400 g/mol. The summed E-state index contributed by atoms with van der Waals surface area (Å²) < 4.78 is 18.1. The second-order valence-electron chi connectivity index (χ2n) is 7.65. The summed E-state index contributed by atoms with van der Waals surface area (Å²) >= 11 is 0. The van der Waals surface area contributed by atoms with Crippen molar-refractivity contribution in [1.29, 1.82) is 0 Å². The summed E-state index contributed by atoms with van der Waals surface area (Å²) in [4.78, 5) is 29.8. The molecule has 0 atom stereocenters. The number of fused-ring (bicyclic) bond motifs is 1. The SMILES string of the molecule is COc1ccc(C(=O)N2CCN(C(=O)c3cnn4c3CCCC4)CC2)c(OC)c1OC. The number of piperazine rings is 1. The van der Waals surface area contributed by atoms with Crippen molar-refractivity contribution in [2.45, 2.75) is 25.8 Å². The summed E-state index contributed by atoms with van der Waals surface area (Å²) in [6, 6.07) is 3.37. The van der Waals surface area contributed by atoms with E-state index in [0.29, 0.717) is 54.6 Å². The fraction of sp³-hybridized carbons (Fsp3) is 0.500. The number of hydrogen-bond donors (Lipinski definition) is 0. The number of benzene rings is 1. The third-order valence-corrected chi connectivity index (χ3v) is 6.00. The van der Waals surface area contributed by atoms with Gasteiger partial charge >= 0.3 is 0 Å². The molecule has 1 aromatic heterocycles. The third kappa shape index (κ3) is 3.80. The van der Waals surface area contributed by atoms with Crippen molar-refractivity contribution >= 4 is 11.8 Å². The van der Waals surface area contributed by atoms with E-state index in [4.69, 9.17) is 14.2 Å². The summed E-state index contributed by atoms with van der Waals surface area (Å²) in [6.07, 6.45) is 4.76. The minimum atomic E-state index is -0.159. The van der Waals surface area contributed by atoms with Crippen molar-refractivity contribution < 1.29 is 23.8 Å². The lowest BCUT2D eigenvalue weighted by molar-refractivity contribution is 0.0532. The molecule has 2 amide bonds. The molecule has 4 rings (SSSR count). The van der Waals surface area contributed by atoms with Crippen LogP contribution in [-0.2, 0) is 13.0 Å². The number of aromatic nitrogens is 2. The number of rotatable bonds is 5. The van der Waals surface area contributed by atoms with E-state index in [1.807, 2.05) is 9.58 Å². The van der Waals surface area contributed by atoms with Gasteiger partial charge in [-0.2, -0.15) is 5.10 Å². The molecule has 0 bridgehead atoms. The van der Waals surface area contributed by atoms with Gasteiger partial charge < -0.3 is 24.0 Å². The molecule has 0 N–H and O–H groups in total. The summed E-state index contributed by atoms with van der Waals surface area (Å²) in [5.74, 6) is 1.06. The van der Waals surface area contributed by atoms with Crippen LogP contribution in [0.5, 0.6) is 17.2 Å². The van der Waals surface area contributed by atoms with Crippen molar-refractivity contribution in [2.24, 2.45) is 0 Å². The predicted molar refractivity (Wildman–Crippen MR) is 113 cm³/mol. The average molecular weight is 428 g/mol. The number of ether oxygens (including phenoxy) is 3. The second kappa shape index (κ2) is 8.87.